The van der Waals surface area contributed by atoms with Crippen molar-refractivity contribution in [2.75, 3.05) is 19.7 Å². The lowest BCUT2D eigenvalue weighted by Gasteiger charge is -2.39. The maximum Gasteiger partial charge on any atom is 0.407 e. The van der Waals surface area contributed by atoms with Crippen molar-refractivity contribution in [2.24, 2.45) is 5.92 Å². The number of nitrogens with zero attached hydrogens (tertiary/aromatic N) is 1. The van der Waals surface area contributed by atoms with Crippen molar-refractivity contribution in [3.8, 4) is 0 Å². The average Bonchev–Trinajstić information content (AvgIpc) is 2.27. The zero-order valence-corrected chi connectivity index (χ0v) is 11.5. The molecule has 1 fully saturated rings. The molecule has 0 bridgehead atoms. The number of hydrogen-bond donors (Lipinski definition) is 1. The van der Waals surface area contributed by atoms with Gasteiger partial charge in [-0.25, -0.2) is 4.79 Å². The highest BCUT2D eigenvalue weighted by Crippen LogP contribution is 2.19. The zero-order chi connectivity index (χ0) is 12.8. The van der Waals surface area contributed by atoms with Crippen LogP contribution in [0, 0.1) is 5.92 Å². The van der Waals surface area contributed by atoms with Crippen LogP contribution in [-0.2, 0) is 4.74 Å². The molecule has 1 amide bonds. The lowest BCUT2D eigenvalue weighted by atomic mass is 9.94. The Hall–Kier alpha value is -0.770. The Morgan fingerprint density at radius 3 is 2.76 bits per heavy atom. The summed E-state index contributed by atoms with van der Waals surface area (Å²) in [5.74, 6) is 0.629. The summed E-state index contributed by atoms with van der Waals surface area (Å²) >= 11 is 0. The minimum absolute atomic E-state index is 0.229. The fourth-order valence-electron chi connectivity index (χ4n) is 2.45. The fourth-order valence-corrected chi connectivity index (χ4v) is 2.45. The predicted octanol–water partition coefficient (Wildman–Crippen LogP) is 2.24. The van der Waals surface area contributed by atoms with Crippen molar-refractivity contribution in [1.29, 1.82) is 0 Å². The molecule has 3 unspecified atom stereocenters. The number of rotatable bonds is 4. The first-order chi connectivity index (χ1) is 8.06. The predicted molar refractivity (Wildman–Crippen MR) is 69.1 cm³/mol. The summed E-state index contributed by atoms with van der Waals surface area (Å²) in [4.78, 5) is 13.9. The number of ether oxygens (including phenoxy) is 1. The first-order valence-electron chi connectivity index (χ1n) is 6.74. The molecule has 100 valence electrons. The molecule has 1 rings (SSSR count). The highest BCUT2D eigenvalue weighted by atomic mass is 16.5. The molecule has 0 aromatic carbocycles. The van der Waals surface area contributed by atoms with Gasteiger partial charge < -0.3 is 10.1 Å². The molecule has 0 radical (unpaired) electrons. The molecule has 3 atom stereocenters. The Morgan fingerprint density at radius 2 is 2.18 bits per heavy atom. The second-order valence-electron chi connectivity index (χ2n) is 5.11. The quantitative estimate of drug-likeness (QED) is 0.822. The molecule has 0 saturated carbocycles. The summed E-state index contributed by atoms with van der Waals surface area (Å²) in [6, 6.07) is 0.816. The molecular formula is C13H26N2O2. The van der Waals surface area contributed by atoms with Crippen LogP contribution >= 0.6 is 0 Å². The van der Waals surface area contributed by atoms with Gasteiger partial charge in [0.25, 0.3) is 0 Å². The Kier molecular flexibility index (Phi) is 5.75. The van der Waals surface area contributed by atoms with Crippen molar-refractivity contribution in [1.82, 2.24) is 10.2 Å². The van der Waals surface area contributed by atoms with E-state index in [0.29, 0.717) is 18.6 Å². The maximum absolute atomic E-state index is 11.4. The second-order valence-corrected chi connectivity index (χ2v) is 5.11. The molecule has 1 saturated heterocycles. The molecule has 0 aromatic heterocycles. The minimum atomic E-state index is -0.282. The van der Waals surface area contributed by atoms with E-state index in [4.69, 9.17) is 4.74 Å². The smallest absolute Gasteiger partial charge is 0.407 e. The average molecular weight is 242 g/mol. The van der Waals surface area contributed by atoms with Crippen LogP contribution < -0.4 is 5.32 Å². The molecule has 1 N–H and O–H groups in total. The Balaban J connectivity index is 2.47. The summed E-state index contributed by atoms with van der Waals surface area (Å²) in [5, 5.41) is 2.96. The van der Waals surface area contributed by atoms with E-state index in [1.54, 1.807) is 0 Å². The Labute approximate surface area is 105 Å². The number of amides is 1. The summed E-state index contributed by atoms with van der Waals surface area (Å²) in [6.45, 7) is 11.0. The lowest BCUT2D eigenvalue weighted by Crippen LogP contribution is -2.52. The number of hydrogen-bond acceptors (Lipinski definition) is 3. The molecule has 1 aliphatic rings. The zero-order valence-electron chi connectivity index (χ0n) is 11.5. The van der Waals surface area contributed by atoms with Gasteiger partial charge in [-0.1, -0.05) is 13.8 Å². The van der Waals surface area contributed by atoms with E-state index in [2.05, 4.69) is 31.0 Å². The molecule has 4 nitrogen and oxygen atoms in total. The van der Waals surface area contributed by atoms with E-state index >= 15 is 0 Å². The van der Waals surface area contributed by atoms with Crippen LogP contribution in [-0.4, -0.2) is 42.8 Å². The third-order valence-electron chi connectivity index (χ3n) is 3.50. The van der Waals surface area contributed by atoms with Crippen LogP contribution in [0.1, 0.15) is 40.5 Å². The number of piperidine rings is 1. The van der Waals surface area contributed by atoms with Gasteiger partial charge in [0, 0.05) is 25.2 Å². The summed E-state index contributed by atoms with van der Waals surface area (Å²) in [7, 11) is 0. The van der Waals surface area contributed by atoms with Crippen LogP contribution in [0.25, 0.3) is 0 Å². The van der Waals surface area contributed by atoms with E-state index in [1.807, 2.05) is 6.92 Å². The highest BCUT2D eigenvalue weighted by molar-refractivity contribution is 5.67. The van der Waals surface area contributed by atoms with E-state index in [9.17, 15) is 4.79 Å². The van der Waals surface area contributed by atoms with Gasteiger partial charge in [0.1, 0.15) is 0 Å². The highest BCUT2D eigenvalue weighted by Gasteiger charge is 2.28. The van der Waals surface area contributed by atoms with Gasteiger partial charge in [0.2, 0.25) is 0 Å². The van der Waals surface area contributed by atoms with Gasteiger partial charge in [0.05, 0.1) is 6.61 Å². The SMILES string of the molecule is CCOC(=O)NC1CC(C)CN(C(C)CC)C1. The first-order valence-corrected chi connectivity index (χ1v) is 6.74. The Morgan fingerprint density at radius 1 is 1.47 bits per heavy atom. The van der Waals surface area contributed by atoms with Crippen LogP contribution in [0.2, 0.25) is 0 Å². The molecule has 1 heterocycles. The monoisotopic (exact) mass is 242 g/mol. The lowest BCUT2D eigenvalue weighted by molar-refractivity contribution is 0.0979. The number of carbonyl (C=O) groups is 1. The number of alkyl carbamates (subject to hydrolysis) is 1. The second kappa shape index (κ2) is 6.84. The van der Waals surface area contributed by atoms with E-state index < -0.39 is 0 Å². The van der Waals surface area contributed by atoms with E-state index in [-0.39, 0.29) is 12.1 Å². The maximum atomic E-state index is 11.4. The van der Waals surface area contributed by atoms with Gasteiger partial charge in [-0.2, -0.15) is 0 Å². The van der Waals surface area contributed by atoms with Crippen LogP contribution in [0.5, 0.6) is 0 Å². The normalized spacial score (nSPS) is 27.5. The van der Waals surface area contributed by atoms with Crippen LogP contribution in [0.3, 0.4) is 0 Å². The Bertz CT molecular complexity index is 246. The van der Waals surface area contributed by atoms with Gasteiger partial charge >= 0.3 is 6.09 Å². The standard InChI is InChI=1S/C13H26N2O2/c1-5-11(4)15-8-10(3)7-12(9-15)14-13(16)17-6-2/h10-12H,5-9H2,1-4H3,(H,14,16). The number of nitrogens with one attached hydrogen (secondary N) is 1. The van der Waals surface area contributed by atoms with E-state index in [0.717, 1.165) is 25.9 Å². The summed E-state index contributed by atoms with van der Waals surface area (Å²) in [5.41, 5.74) is 0. The third kappa shape index (κ3) is 4.54. The van der Waals surface area contributed by atoms with Crippen LogP contribution in [0.4, 0.5) is 4.79 Å². The van der Waals surface area contributed by atoms with Crippen molar-refractivity contribution < 1.29 is 9.53 Å². The summed E-state index contributed by atoms with van der Waals surface area (Å²) < 4.78 is 4.93. The largest absolute Gasteiger partial charge is 0.450 e. The van der Waals surface area contributed by atoms with Gasteiger partial charge in [0.15, 0.2) is 0 Å². The summed E-state index contributed by atoms with van der Waals surface area (Å²) in [6.07, 6.45) is 1.92. The minimum Gasteiger partial charge on any atom is -0.450 e. The van der Waals surface area contributed by atoms with E-state index in [1.165, 1.54) is 0 Å². The molecule has 1 aliphatic heterocycles. The van der Waals surface area contributed by atoms with Crippen molar-refractivity contribution in [2.45, 2.75) is 52.6 Å². The van der Waals surface area contributed by atoms with Gasteiger partial charge in [-0.05, 0) is 32.6 Å². The van der Waals surface area contributed by atoms with Crippen molar-refractivity contribution >= 4 is 6.09 Å². The molecule has 17 heavy (non-hydrogen) atoms. The van der Waals surface area contributed by atoms with Crippen molar-refractivity contribution in [3.63, 3.8) is 0 Å². The molecular weight excluding hydrogens is 216 g/mol. The fraction of sp³-hybridized carbons (Fsp3) is 0.923. The molecule has 4 heteroatoms. The number of likely N-dealkylation sites (tertiary alicyclic amines) is 1. The first kappa shape index (κ1) is 14.3. The molecule has 0 aliphatic carbocycles. The molecule has 0 spiro atoms. The van der Waals surface area contributed by atoms with Crippen LogP contribution in [0.15, 0.2) is 0 Å². The van der Waals surface area contributed by atoms with Gasteiger partial charge in [-0.15, -0.1) is 0 Å². The number of carbonyl (C=O) groups excluding carboxylic acids is 1. The molecule has 0 aromatic rings. The topological polar surface area (TPSA) is 41.6 Å². The van der Waals surface area contributed by atoms with Crippen molar-refractivity contribution in [3.05, 3.63) is 0 Å². The third-order valence-corrected chi connectivity index (χ3v) is 3.50. The van der Waals surface area contributed by atoms with Gasteiger partial charge in [-0.3, -0.25) is 4.90 Å².